The number of rotatable bonds is 7. The van der Waals surface area contributed by atoms with Crippen molar-refractivity contribution in [3.8, 4) is 0 Å². The minimum Gasteiger partial charge on any atom is -0.480 e. The first-order chi connectivity index (χ1) is 9.52. The first-order valence-electron chi connectivity index (χ1n) is 7.43. The Labute approximate surface area is 119 Å². The molecule has 2 aliphatic carbocycles. The minimum atomic E-state index is -1.16. The molecule has 0 aromatic heterocycles. The molecular formula is C14H24N2O4. The number of nitrogens with one attached hydrogen (secondary N) is 2. The second-order valence-corrected chi connectivity index (χ2v) is 5.94. The average molecular weight is 284 g/mol. The van der Waals surface area contributed by atoms with Crippen molar-refractivity contribution >= 4 is 12.0 Å². The molecule has 0 spiro atoms. The normalized spacial score (nSPS) is 22.2. The number of amides is 2. The molecule has 2 rings (SSSR count). The lowest BCUT2D eigenvalue weighted by Crippen LogP contribution is -2.57. The lowest BCUT2D eigenvalue weighted by molar-refractivity contribution is -0.144. The number of urea groups is 1. The van der Waals surface area contributed by atoms with Gasteiger partial charge in [-0.25, -0.2) is 9.59 Å². The fourth-order valence-electron chi connectivity index (χ4n) is 2.72. The Morgan fingerprint density at radius 3 is 2.45 bits per heavy atom. The SMILES string of the molecule is CC(NC(=O)NCCOC1CCCC1)(C(=O)O)C1CC1. The van der Waals surface area contributed by atoms with E-state index in [9.17, 15) is 14.7 Å². The van der Waals surface area contributed by atoms with Crippen LogP contribution in [0.2, 0.25) is 0 Å². The van der Waals surface area contributed by atoms with Crippen LogP contribution in [-0.2, 0) is 9.53 Å². The van der Waals surface area contributed by atoms with Gasteiger partial charge in [-0.05, 0) is 38.5 Å². The maximum Gasteiger partial charge on any atom is 0.329 e. The summed E-state index contributed by atoms with van der Waals surface area (Å²) in [6.07, 6.45) is 6.68. The number of hydrogen-bond donors (Lipinski definition) is 3. The third kappa shape index (κ3) is 3.85. The van der Waals surface area contributed by atoms with Crippen LogP contribution < -0.4 is 10.6 Å². The predicted molar refractivity (Wildman–Crippen MR) is 73.5 cm³/mol. The highest BCUT2D eigenvalue weighted by Crippen LogP contribution is 2.39. The van der Waals surface area contributed by atoms with E-state index in [1.54, 1.807) is 6.92 Å². The van der Waals surface area contributed by atoms with E-state index in [0.717, 1.165) is 25.7 Å². The quantitative estimate of drug-likeness (QED) is 0.618. The Balaban J connectivity index is 1.65. The van der Waals surface area contributed by atoms with Crippen LogP contribution in [0.1, 0.15) is 45.4 Å². The zero-order chi connectivity index (χ0) is 14.6. The molecule has 0 aromatic carbocycles. The Hall–Kier alpha value is -1.30. The summed E-state index contributed by atoms with van der Waals surface area (Å²) >= 11 is 0. The van der Waals surface area contributed by atoms with Crippen LogP contribution in [0.25, 0.3) is 0 Å². The molecule has 2 fully saturated rings. The summed E-state index contributed by atoms with van der Waals surface area (Å²) in [6, 6.07) is -0.433. The number of carbonyl (C=O) groups is 2. The van der Waals surface area contributed by atoms with Gasteiger partial charge in [-0.2, -0.15) is 0 Å². The molecule has 6 nitrogen and oxygen atoms in total. The van der Waals surface area contributed by atoms with Crippen molar-refractivity contribution in [2.75, 3.05) is 13.2 Å². The van der Waals surface area contributed by atoms with Crippen LogP contribution >= 0.6 is 0 Å². The number of hydrogen-bond acceptors (Lipinski definition) is 3. The van der Waals surface area contributed by atoms with Crippen LogP contribution in [0.15, 0.2) is 0 Å². The average Bonchev–Trinajstić information content (AvgIpc) is 3.13. The van der Waals surface area contributed by atoms with Gasteiger partial charge in [0, 0.05) is 6.54 Å². The predicted octanol–water partition coefficient (Wildman–Crippen LogP) is 1.50. The zero-order valence-electron chi connectivity index (χ0n) is 12.0. The van der Waals surface area contributed by atoms with Crippen molar-refractivity contribution in [1.82, 2.24) is 10.6 Å². The minimum absolute atomic E-state index is 0.0421. The molecule has 0 saturated heterocycles. The first kappa shape index (κ1) is 15.1. The van der Waals surface area contributed by atoms with E-state index in [4.69, 9.17) is 4.74 Å². The Kier molecular flexibility index (Phi) is 4.86. The van der Waals surface area contributed by atoms with Gasteiger partial charge in [0.15, 0.2) is 0 Å². The van der Waals surface area contributed by atoms with E-state index in [1.807, 2.05) is 0 Å². The van der Waals surface area contributed by atoms with E-state index in [2.05, 4.69) is 10.6 Å². The van der Waals surface area contributed by atoms with E-state index in [0.29, 0.717) is 19.3 Å². The van der Waals surface area contributed by atoms with Gasteiger partial charge in [0.2, 0.25) is 0 Å². The molecule has 2 saturated carbocycles. The molecule has 1 unspecified atom stereocenters. The van der Waals surface area contributed by atoms with Crippen LogP contribution in [0.4, 0.5) is 4.79 Å². The third-order valence-corrected chi connectivity index (χ3v) is 4.25. The largest absolute Gasteiger partial charge is 0.480 e. The summed E-state index contributed by atoms with van der Waals surface area (Å²) in [5.74, 6) is -0.933. The van der Waals surface area contributed by atoms with Gasteiger partial charge in [0.25, 0.3) is 0 Å². The van der Waals surface area contributed by atoms with Crippen molar-refractivity contribution in [2.24, 2.45) is 5.92 Å². The monoisotopic (exact) mass is 284 g/mol. The van der Waals surface area contributed by atoms with E-state index >= 15 is 0 Å². The van der Waals surface area contributed by atoms with Crippen LogP contribution in [0.5, 0.6) is 0 Å². The van der Waals surface area contributed by atoms with E-state index in [1.165, 1.54) is 12.8 Å². The fourth-order valence-corrected chi connectivity index (χ4v) is 2.72. The zero-order valence-corrected chi connectivity index (χ0v) is 12.0. The van der Waals surface area contributed by atoms with Gasteiger partial charge in [-0.3, -0.25) is 0 Å². The van der Waals surface area contributed by atoms with Crippen LogP contribution in [-0.4, -0.2) is 41.9 Å². The number of carboxylic acids is 1. The molecule has 3 N–H and O–H groups in total. The Bertz CT molecular complexity index is 364. The second-order valence-electron chi connectivity index (χ2n) is 5.94. The summed E-state index contributed by atoms with van der Waals surface area (Å²) in [6.45, 7) is 2.45. The summed E-state index contributed by atoms with van der Waals surface area (Å²) in [5.41, 5.74) is -1.16. The molecule has 114 valence electrons. The molecule has 0 radical (unpaired) electrons. The van der Waals surface area contributed by atoms with Gasteiger partial charge in [0.05, 0.1) is 12.7 Å². The lowest BCUT2D eigenvalue weighted by Gasteiger charge is -2.26. The summed E-state index contributed by atoms with van der Waals surface area (Å²) < 4.78 is 5.63. The number of ether oxygens (including phenoxy) is 1. The molecule has 20 heavy (non-hydrogen) atoms. The summed E-state index contributed by atoms with van der Waals surface area (Å²) in [5, 5.41) is 14.5. The topological polar surface area (TPSA) is 87.7 Å². The van der Waals surface area contributed by atoms with Crippen molar-refractivity contribution in [3.63, 3.8) is 0 Å². The molecule has 0 aromatic rings. The fraction of sp³-hybridized carbons (Fsp3) is 0.857. The number of carbonyl (C=O) groups excluding carboxylic acids is 1. The van der Waals surface area contributed by atoms with E-state index < -0.39 is 17.5 Å². The van der Waals surface area contributed by atoms with Crippen LogP contribution in [0.3, 0.4) is 0 Å². The Morgan fingerprint density at radius 1 is 1.25 bits per heavy atom. The van der Waals surface area contributed by atoms with Gasteiger partial charge >= 0.3 is 12.0 Å². The molecular weight excluding hydrogens is 260 g/mol. The summed E-state index contributed by atoms with van der Waals surface area (Å²) in [7, 11) is 0. The maximum absolute atomic E-state index is 11.8. The maximum atomic E-state index is 11.8. The highest BCUT2D eigenvalue weighted by molar-refractivity contribution is 5.86. The lowest BCUT2D eigenvalue weighted by atomic mass is 9.96. The van der Waals surface area contributed by atoms with Gasteiger partial charge in [0.1, 0.15) is 5.54 Å². The van der Waals surface area contributed by atoms with Crippen molar-refractivity contribution in [3.05, 3.63) is 0 Å². The van der Waals surface area contributed by atoms with Crippen molar-refractivity contribution < 1.29 is 19.4 Å². The number of carboxylic acid groups (broad SMARTS) is 1. The first-order valence-corrected chi connectivity index (χ1v) is 7.43. The third-order valence-electron chi connectivity index (χ3n) is 4.25. The van der Waals surface area contributed by atoms with Gasteiger partial charge < -0.3 is 20.5 Å². The standard InChI is InChI=1S/C14H24N2O4/c1-14(12(17)18,10-6-7-10)16-13(19)15-8-9-20-11-4-2-3-5-11/h10-11H,2-9H2,1H3,(H,17,18)(H2,15,16,19). The Morgan fingerprint density at radius 2 is 1.90 bits per heavy atom. The molecule has 2 amide bonds. The molecule has 6 heteroatoms. The molecule has 0 aliphatic heterocycles. The smallest absolute Gasteiger partial charge is 0.329 e. The number of aliphatic carboxylic acids is 1. The van der Waals surface area contributed by atoms with Crippen molar-refractivity contribution in [2.45, 2.75) is 57.1 Å². The van der Waals surface area contributed by atoms with Gasteiger partial charge in [-0.1, -0.05) is 12.8 Å². The molecule has 1 atom stereocenters. The highest BCUT2D eigenvalue weighted by Gasteiger charge is 2.48. The molecule has 0 bridgehead atoms. The summed E-state index contributed by atoms with van der Waals surface area (Å²) in [4.78, 5) is 23.0. The molecule has 0 heterocycles. The highest BCUT2D eigenvalue weighted by atomic mass is 16.5. The van der Waals surface area contributed by atoms with Crippen molar-refractivity contribution in [1.29, 1.82) is 0 Å². The second kappa shape index (κ2) is 6.43. The van der Waals surface area contributed by atoms with Crippen LogP contribution in [0, 0.1) is 5.92 Å². The van der Waals surface area contributed by atoms with Gasteiger partial charge in [-0.15, -0.1) is 0 Å². The van der Waals surface area contributed by atoms with E-state index in [-0.39, 0.29) is 5.92 Å². The molecule has 2 aliphatic rings.